The van der Waals surface area contributed by atoms with Crippen LogP contribution in [-0.4, -0.2) is 12.1 Å². The fourth-order valence-corrected chi connectivity index (χ4v) is 0.762. The number of quaternary nitrogens is 1. The third kappa shape index (κ3) is 4.13. The van der Waals surface area contributed by atoms with Crippen molar-refractivity contribution in [1.82, 2.24) is 0 Å². The molecule has 0 bridgehead atoms. The topological polar surface area (TPSA) is 16.6 Å². The highest BCUT2D eigenvalue weighted by molar-refractivity contribution is 4.67. The zero-order valence-corrected chi connectivity index (χ0v) is 8.50. The Kier molecular flexibility index (Phi) is 6.41. The molecule has 0 saturated heterocycles. The molecule has 64 valence electrons. The average molecular weight is 166 g/mol. The first kappa shape index (κ1) is 12.9. The molecule has 0 saturated carbocycles. The molecule has 0 fully saturated rings. The Morgan fingerprint density at radius 2 is 1.70 bits per heavy atom. The van der Waals surface area contributed by atoms with Crippen LogP contribution in [0.1, 0.15) is 34.6 Å². The van der Waals surface area contributed by atoms with Gasteiger partial charge >= 0.3 is 0 Å². The van der Waals surface area contributed by atoms with Gasteiger partial charge in [0, 0.05) is 5.92 Å². The summed E-state index contributed by atoms with van der Waals surface area (Å²) in [5.41, 5.74) is 0.425. The Morgan fingerprint density at radius 1 is 1.30 bits per heavy atom. The van der Waals surface area contributed by atoms with Gasteiger partial charge in [0.25, 0.3) is 0 Å². The summed E-state index contributed by atoms with van der Waals surface area (Å²) in [7, 11) is 0. The fourth-order valence-electron chi connectivity index (χ4n) is 0.762. The van der Waals surface area contributed by atoms with Crippen LogP contribution < -0.4 is 17.7 Å². The molecule has 0 unspecified atom stereocenters. The predicted octanol–water partition coefficient (Wildman–Crippen LogP) is -1.99. The van der Waals surface area contributed by atoms with Crippen LogP contribution in [0.25, 0.3) is 0 Å². The van der Waals surface area contributed by atoms with Crippen LogP contribution in [0, 0.1) is 5.92 Å². The van der Waals surface area contributed by atoms with Gasteiger partial charge in [-0.05, 0) is 20.8 Å². The van der Waals surface area contributed by atoms with Crippen LogP contribution in [0.15, 0.2) is 0 Å². The summed E-state index contributed by atoms with van der Waals surface area (Å²) in [6.45, 7) is 12.5. The number of halogens is 1. The van der Waals surface area contributed by atoms with Gasteiger partial charge in [-0.2, -0.15) is 0 Å². The second-order valence-corrected chi connectivity index (χ2v) is 3.59. The highest BCUT2D eigenvalue weighted by Crippen LogP contribution is 2.08. The lowest BCUT2D eigenvalue weighted by Gasteiger charge is -2.26. The van der Waals surface area contributed by atoms with Crippen LogP contribution in [0.3, 0.4) is 0 Å². The van der Waals surface area contributed by atoms with Crippen LogP contribution in [-0.2, 0) is 0 Å². The monoisotopic (exact) mass is 165 g/mol. The molecule has 0 aromatic heterocycles. The minimum absolute atomic E-state index is 0. The van der Waals surface area contributed by atoms with Gasteiger partial charge in [-0.25, -0.2) is 0 Å². The second-order valence-electron chi connectivity index (χ2n) is 3.59. The molecule has 0 aromatic carbocycles. The standard InChI is InChI=1S/C8H19N.ClH/c1-6-9-8(4,5)7(2)3;/h7,9H,6H2,1-5H3;1H. The Bertz CT molecular complexity index is 79.3. The van der Waals surface area contributed by atoms with Crippen LogP contribution in [0.5, 0.6) is 0 Å². The van der Waals surface area contributed by atoms with Crippen molar-refractivity contribution in [2.45, 2.75) is 40.2 Å². The van der Waals surface area contributed by atoms with Crippen molar-refractivity contribution in [3.8, 4) is 0 Å². The van der Waals surface area contributed by atoms with Crippen molar-refractivity contribution in [3.63, 3.8) is 0 Å². The third-order valence-electron chi connectivity index (χ3n) is 2.22. The van der Waals surface area contributed by atoms with Gasteiger partial charge < -0.3 is 17.7 Å². The van der Waals surface area contributed by atoms with E-state index in [0.717, 1.165) is 5.92 Å². The van der Waals surface area contributed by atoms with Gasteiger partial charge in [0.05, 0.1) is 12.1 Å². The molecular formula is C8H20ClN. The highest BCUT2D eigenvalue weighted by Gasteiger charge is 2.23. The predicted molar refractivity (Wildman–Crippen MR) is 41.4 cm³/mol. The van der Waals surface area contributed by atoms with E-state index in [1.54, 1.807) is 0 Å². The van der Waals surface area contributed by atoms with E-state index >= 15 is 0 Å². The molecule has 0 aliphatic heterocycles. The quantitative estimate of drug-likeness (QED) is 0.499. The Balaban J connectivity index is 0. The summed E-state index contributed by atoms with van der Waals surface area (Å²) in [5, 5.41) is 2.39. The fraction of sp³-hybridized carbons (Fsp3) is 1.00. The Morgan fingerprint density at radius 3 is 1.80 bits per heavy atom. The maximum absolute atomic E-state index is 2.39. The average Bonchev–Trinajstić information content (AvgIpc) is 1.65. The molecule has 0 heterocycles. The lowest BCUT2D eigenvalue weighted by atomic mass is 9.91. The first-order valence-corrected chi connectivity index (χ1v) is 3.85. The van der Waals surface area contributed by atoms with Crippen LogP contribution in [0.4, 0.5) is 0 Å². The molecule has 0 aliphatic rings. The summed E-state index contributed by atoms with van der Waals surface area (Å²) in [6.07, 6.45) is 0. The van der Waals surface area contributed by atoms with Gasteiger partial charge in [0.1, 0.15) is 0 Å². The van der Waals surface area contributed by atoms with E-state index in [9.17, 15) is 0 Å². The number of rotatable bonds is 3. The minimum Gasteiger partial charge on any atom is -1.00 e. The second kappa shape index (κ2) is 4.97. The van der Waals surface area contributed by atoms with Crippen molar-refractivity contribution >= 4 is 0 Å². The summed E-state index contributed by atoms with van der Waals surface area (Å²) in [4.78, 5) is 0. The molecule has 0 radical (unpaired) electrons. The summed E-state index contributed by atoms with van der Waals surface area (Å²) < 4.78 is 0. The minimum atomic E-state index is 0. The van der Waals surface area contributed by atoms with E-state index in [0.29, 0.717) is 5.54 Å². The van der Waals surface area contributed by atoms with Gasteiger partial charge in [-0.1, -0.05) is 13.8 Å². The van der Waals surface area contributed by atoms with E-state index in [-0.39, 0.29) is 12.4 Å². The Hall–Kier alpha value is 0.250. The number of nitrogens with two attached hydrogens (primary N) is 1. The maximum atomic E-state index is 2.39. The van der Waals surface area contributed by atoms with E-state index in [4.69, 9.17) is 0 Å². The van der Waals surface area contributed by atoms with E-state index in [1.165, 1.54) is 6.54 Å². The normalized spacial score (nSPS) is 11.4. The lowest BCUT2D eigenvalue weighted by molar-refractivity contribution is -0.724. The summed E-state index contributed by atoms with van der Waals surface area (Å²) >= 11 is 0. The zero-order valence-electron chi connectivity index (χ0n) is 7.74. The van der Waals surface area contributed by atoms with Crippen molar-refractivity contribution < 1.29 is 17.7 Å². The van der Waals surface area contributed by atoms with E-state index in [1.807, 2.05) is 0 Å². The molecule has 2 N–H and O–H groups in total. The van der Waals surface area contributed by atoms with Gasteiger partial charge in [-0.3, -0.25) is 0 Å². The molecular weight excluding hydrogens is 146 g/mol. The van der Waals surface area contributed by atoms with Gasteiger partial charge in [0.2, 0.25) is 0 Å². The highest BCUT2D eigenvalue weighted by atomic mass is 35.5. The molecule has 2 heteroatoms. The van der Waals surface area contributed by atoms with Crippen molar-refractivity contribution in [2.75, 3.05) is 6.54 Å². The summed E-state index contributed by atoms with van der Waals surface area (Å²) in [6, 6.07) is 0. The molecule has 10 heavy (non-hydrogen) atoms. The molecule has 1 nitrogen and oxygen atoms in total. The SMILES string of the molecule is CC[NH2+]C(C)(C)C(C)C.[Cl-]. The first-order valence-electron chi connectivity index (χ1n) is 3.85. The molecule has 0 aromatic rings. The molecule has 0 aliphatic carbocycles. The molecule has 0 atom stereocenters. The van der Waals surface area contributed by atoms with Crippen molar-refractivity contribution in [2.24, 2.45) is 5.92 Å². The zero-order chi connectivity index (χ0) is 7.49. The van der Waals surface area contributed by atoms with Crippen LogP contribution >= 0.6 is 0 Å². The van der Waals surface area contributed by atoms with E-state index in [2.05, 4.69) is 39.9 Å². The van der Waals surface area contributed by atoms with Crippen LogP contribution in [0.2, 0.25) is 0 Å². The van der Waals surface area contributed by atoms with E-state index < -0.39 is 0 Å². The van der Waals surface area contributed by atoms with Gasteiger partial charge in [-0.15, -0.1) is 0 Å². The smallest absolute Gasteiger partial charge is 0.0927 e. The molecule has 0 spiro atoms. The number of hydrogen-bond donors (Lipinski definition) is 1. The van der Waals surface area contributed by atoms with Crippen molar-refractivity contribution in [3.05, 3.63) is 0 Å². The largest absolute Gasteiger partial charge is 1.00 e. The van der Waals surface area contributed by atoms with Gasteiger partial charge in [0.15, 0.2) is 0 Å². The number of hydrogen-bond acceptors (Lipinski definition) is 0. The first-order chi connectivity index (χ1) is 4.00. The van der Waals surface area contributed by atoms with Crippen molar-refractivity contribution in [1.29, 1.82) is 0 Å². The molecule has 0 rings (SSSR count). The lowest BCUT2D eigenvalue weighted by Crippen LogP contribution is -3.00. The molecule has 0 amide bonds. The maximum Gasteiger partial charge on any atom is 0.0927 e. The third-order valence-corrected chi connectivity index (χ3v) is 2.22. The Labute approximate surface area is 71.0 Å². The summed E-state index contributed by atoms with van der Waals surface area (Å²) in [5.74, 6) is 0.762.